The number of pyridine rings is 1. The topological polar surface area (TPSA) is 88.3 Å². The van der Waals surface area contributed by atoms with Crippen LogP contribution < -0.4 is 11.1 Å². The van der Waals surface area contributed by atoms with Crippen molar-refractivity contribution in [1.82, 2.24) is 9.88 Å². The van der Waals surface area contributed by atoms with Gasteiger partial charge in [0.15, 0.2) is 0 Å². The van der Waals surface area contributed by atoms with E-state index in [-0.39, 0.29) is 23.8 Å². The molecule has 3 N–H and O–H groups in total. The zero-order valence-electron chi connectivity index (χ0n) is 13.3. The molecule has 2 unspecified atom stereocenters. The first-order valence-corrected chi connectivity index (χ1v) is 8.71. The molecular weight excluding hydrogens is 360 g/mol. The average molecular weight is 383 g/mol. The SMILES string of the molecule is CC(N)CCC(=O)N1CCCC(C(=O)Nc2ccc(Br)cn2)C1. The second kappa shape index (κ2) is 8.40. The number of piperidine rings is 1. The van der Waals surface area contributed by atoms with E-state index < -0.39 is 0 Å². The Morgan fingerprint density at radius 1 is 1.52 bits per heavy atom. The fourth-order valence-electron chi connectivity index (χ4n) is 2.60. The zero-order valence-corrected chi connectivity index (χ0v) is 14.9. The van der Waals surface area contributed by atoms with Gasteiger partial charge in [0.2, 0.25) is 11.8 Å². The Labute approximate surface area is 144 Å². The van der Waals surface area contributed by atoms with Gasteiger partial charge in [0, 0.05) is 36.2 Å². The van der Waals surface area contributed by atoms with Gasteiger partial charge < -0.3 is 16.0 Å². The van der Waals surface area contributed by atoms with Crippen LogP contribution in [0.3, 0.4) is 0 Å². The van der Waals surface area contributed by atoms with Crippen LogP contribution in [0.4, 0.5) is 5.82 Å². The highest BCUT2D eigenvalue weighted by atomic mass is 79.9. The molecule has 23 heavy (non-hydrogen) atoms. The van der Waals surface area contributed by atoms with Crippen LogP contribution >= 0.6 is 15.9 Å². The van der Waals surface area contributed by atoms with E-state index in [2.05, 4.69) is 26.2 Å². The van der Waals surface area contributed by atoms with Crippen molar-refractivity contribution in [3.8, 4) is 0 Å². The number of nitrogens with zero attached hydrogens (tertiary/aromatic N) is 2. The summed E-state index contributed by atoms with van der Waals surface area (Å²) in [6.45, 7) is 3.09. The van der Waals surface area contributed by atoms with Crippen LogP contribution in [0.1, 0.15) is 32.6 Å². The number of nitrogens with two attached hydrogens (primary N) is 1. The van der Waals surface area contributed by atoms with Crippen molar-refractivity contribution in [2.45, 2.75) is 38.6 Å². The minimum absolute atomic E-state index is 0.0197. The Morgan fingerprint density at radius 3 is 2.96 bits per heavy atom. The molecule has 0 saturated carbocycles. The van der Waals surface area contributed by atoms with Crippen molar-refractivity contribution >= 4 is 33.6 Å². The molecule has 0 aromatic carbocycles. The molecule has 2 atom stereocenters. The largest absolute Gasteiger partial charge is 0.342 e. The lowest BCUT2D eigenvalue weighted by Crippen LogP contribution is -2.44. The molecular formula is C16H23BrN4O2. The van der Waals surface area contributed by atoms with Gasteiger partial charge in [-0.3, -0.25) is 9.59 Å². The van der Waals surface area contributed by atoms with Gasteiger partial charge in [0.1, 0.15) is 5.82 Å². The van der Waals surface area contributed by atoms with Crippen molar-refractivity contribution in [3.05, 3.63) is 22.8 Å². The third kappa shape index (κ3) is 5.58. The van der Waals surface area contributed by atoms with Crippen LogP contribution in [-0.4, -0.2) is 40.8 Å². The van der Waals surface area contributed by atoms with Crippen LogP contribution in [-0.2, 0) is 9.59 Å². The smallest absolute Gasteiger partial charge is 0.230 e. The lowest BCUT2D eigenvalue weighted by Gasteiger charge is -2.32. The van der Waals surface area contributed by atoms with Gasteiger partial charge in [-0.1, -0.05) is 0 Å². The third-order valence-corrected chi connectivity index (χ3v) is 4.41. The first kappa shape index (κ1) is 17.9. The Balaban J connectivity index is 1.88. The molecule has 1 saturated heterocycles. The van der Waals surface area contributed by atoms with Crippen molar-refractivity contribution < 1.29 is 9.59 Å². The average Bonchev–Trinajstić information content (AvgIpc) is 2.54. The summed E-state index contributed by atoms with van der Waals surface area (Å²) in [6.07, 6.45) is 4.39. The van der Waals surface area contributed by atoms with Crippen LogP contribution in [0, 0.1) is 5.92 Å². The van der Waals surface area contributed by atoms with E-state index in [4.69, 9.17) is 5.73 Å². The number of anilines is 1. The molecule has 1 aromatic rings. The van der Waals surface area contributed by atoms with Crippen molar-refractivity contribution in [3.63, 3.8) is 0 Å². The van der Waals surface area contributed by atoms with Crippen LogP contribution in [0.2, 0.25) is 0 Å². The highest BCUT2D eigenvalue weighted by Crippen LogP contribution is 2.20. The summed E-state index contributed by atoms with van der Waals surface area (Å²) in [5.41, 5.74) is 5.70. The number of likely N-dealkylation sites (tertiary alicyclic amines) is 1. The van der Waals surface area contributed by atoms with E-state index >= 15 is 0 Å². The summed E-state index contributed by atoms with van der Waals surface area (Å²) in [7, 11) is 0. The van der Waals surface area contributed by atoms with Crippen LogP contribution in [0.15, 0.2) is 22.8 Å². The van der Waals surface area contributed by atoms with Gasteiger partial charge in [-0.05, 0) is 54.2 Å². The fourth-order valence-corrected chi connectivity index (χ4v) is 2.84. The molecule has 1 aliphatic heterocycles. The Hall–Kier alpha value is -1.47. The predicted octanol–water partition coefficient (Wildman–Crippen LogP) is 2.15. The van der Waals surface area contributed by atoms with E-state index in [0.717, 1.165) is 23.9 Å². The molecule has 7 heteroatoms. The molecule has 126 valence electrons. The number of nitrogens with one attached hydrogen (secondary N) is 1. The van der Waals surface area contributed by atoms with Crippen molar-refractivity contribution in [2.75, 3.05) is 18.4 Å². The summed E-state index contributed by atoms with van der Waals surface area (Å²) < 4.78 is 0.860. The molecule has 0 radical (unpaired) electrons. The minimum atomic E-state index is -0.187. The molecule has 6 nitrogen and oxygen atoms in total. The van der Waals surface area contributed by atoms with Crippen LogP contribution in [0.25, 0.3) is 0 Å². The number of rotatable bonds is 5. The molecule has 2 rings (SSSR count). The number of halogens is 1. The number of carbonyl (C=O) groups excluding carboxylic acids is 2. The van der Waals surface area contributed by atoms with E-state index in [1.54, 1.807) is 17.2 Å². The Bertz CT molecular complexity index is 548. The predicted molar refractivity (Wildman–Crippen MR) is 92.8 cm³/mol. The molecule has 0 spiro atoms. The van der Waals surface area contributed by atoms with E-state index in [1.807, 2.05) is 13.0 Å². The fraction of sp³-hybridized carbons (Fsp3) is 0.562. The summed E-state index contributed by atoms with van der Waals surface area (Å²) in [5, 5.41) is 2.82. The number of hydrogen-bond donors (Lipinski definition) is 2. The highest BCUT2D eigenvalue weighted by Gasteiger charge is 2.28. The molecule has 1 aliphatic rings. The Kier molecular flexibility index (Phi) is 6.53. The van der Waals surface area contributed by atoms with Crippen molar-refractivity contribution in [1.29, 1.82) is 0 Å². The first-order chi connectivity index (χ1) is 11.0. The van der Waals surface area contributed by atoms with Gasteiger partial charge in [-0.2, -0.15) is 0 Å². The van der Waals surface area contributed by atoms with Gasteiger partial charge in [0.05, 0.1) is 5.92 Å². The number of aromatic nitrogens is 1. The van der Waals surface area contributed by atoms with Crippen LogP contribution in [0.5, 0.6) is 0 Å². The molecule has 0 aliphatic carbocycles. The number of hydrogen-bond acceptors (Lipinski definition) is 4. The first-order valence-electron chi connectivity index (χ1n) is 7.91. The molecule has 1 fully saturated rings. The monoisotopic (exact) mass is 382 g/mol. The van der Waals surface area contributed by atoms with Crippen molar-refractivity contribution in [2.24, 2.45) is 11.7 Å². The second-order valence-corrected chi connectivity index (χ2v) is 6.96. The summed E-state index contributed by atoms with van der Waals surface area (Å²) >= 11 is 3.31. The maximum atomic E-state index is 12.4. The van der Waals surface area contributed by atoms with Gasteiger partial charge >= 0.3 is 0 Å². The second-order valence-electron chi connectivity index (χ2n) is 6.05. The molecule has 1 aromatic heterocycles. The normalized spacial score (nSPS) is 19.3. The summed E-state index contributed by atoms with van der Waals surface area (Å²) in [5.74, 6) is 0.345. The van der Waals surface area contributed by atoms with Gasteiger partial charge in [0.25, 0.3) is 0 Å². The zero-order chi connectivity index (χ0) is 16.8. The maximum absolute atomic E-state index is 12.4. The third-order valence-electron chi connectivity index (χ3n) is 3.94. The summed E-state index contributed by atoms with van der Waals surface area (Å²) in [4.78, 5) is 30.5. The molecule has 2 heterocycles. The number of carbonyl (C=O) groups is 2. The molecule has 0 bridgehead atoms. The van der Waals surface area contributed by atoms with Gasteiger partial charge in [-0.15, -0.1) is 0 Å². The quantitative estimate of drug-likeness (QED) is 0.816. The standard InChI is InChI=1S/C16H23BrN4O2/c1-11(18)4-7-15(22)21-8-2-3-12(10-21)16(23)20-14-6-5-13(17)9-19-14/h5-6,9,11-12H,2-4,7-8,10,18H2,1H3,(H,19,20,23). The highest BCUT2D eigenvalue weighted by molar-refractivity contribution is 9.10. The van der Waals surface area contributed by atoms with Gasteiger partial charge in [-0.25, -0.2) is 4.98 Å². The van der Waals surface area contributed by atoms with E-state index in [9.17, 15) is 9.59 Å². The molecule has 2 amide bonds. The van der Waals surface area contributed by atoms with E-state index in [1.165, 1.54) is 0 Å². The number of amides is 2. The lowest BCUT2D eigenvalue weighted by atomic mass is 9.96. The maximum Gasteiger partial charge on any atom is 0.230 e. The minimum Gasteiger partial charge on any atom is -0.342 e. The lowest BCUT2D eigenvalue weighted by molar-refractivity contribution is -0.134. The van der Waals surface area contributed by atoms with E-state index in [0.29, 0.717) is 25.2 Å². The Morgan fingerprint density at radius 2 is 2.30 bits per heavy atom. The summed E-state index contributed by atoms with van der Waals surface area (Å²) in [6, 6.07) is 3.59.